The molecular weight excluding hydrogens is 554 g/mol. The molecule has 0 unspecified atom stereocenters. The molecule has 2 N–H and O–H groups in total. The molecule has 1 amide bonds. The number of para-hydroxylation sites is 1. The average Bonchev–Trinajstić information content (AvgIpc) is 2.87. The number of benzene rings is 3. The monoisotopic (exact) mass is 581 g/mol. The third-order valence-corrected chi connectivity index (χ3v) is 7.93. The molecule has 4 rings (SSSR count). The van der Waals surface area contributed by atoms with E-state index in [0.29, 0.717) is 22.9 Å². The Morgan fingerprint density at radius 3 is 1.98 bits per heavy atom. The summed E-state index contributed by atoms with van der Waals surface area (Å²) in [6.45, 7) is 2.96. The molecule has 0 aliphatic heterocycles. The van der Waals surface area contributed by atoms with Crippen LogP contribution in [0.5, 0.6) is 11.5 Å². The van der Waals surface area contributed by atoms with Crippen molar-refractivity contribution in [2.75, 3.05) is 27.1 Å². The number of aryl methyl sites for hydroxylation is 2. The minimum absolute atomic E-state index is 0.0459. The van der Waals surface area contributed by atoms with Gasteiger partial charge in [0.15, 0.2) is 0 Å². The molecule has 3 aromatic carbocycles. The van der Waals surface area contributed by atoms with E-state index in [-0.39, 0.29) is 22.2 Å². The fraction of sp³-hybridized carbons (Fsp3) is 0.148. The number of nitrogens with one attached hydrogen (secondary N) is 2. The first kappa shape index (κ1) is 28.5. The Morgan fingerprint density at radius 1 is 0.825 bits per heavy atom. The van der Waals surface area contributed by atoms with Crippen LogP contribution in [0, 0.1) is 13.8 Å². The number of aromatic nitrogens is 2. The van der Waals surface area contributed by atoms with E-state index in [2.05, 4.69) is 20.0 Å². The zero-order chi connectivity index (χ0) is 28.9. The molecule has 1 aromatic heterocycles. The van der Waals surface area contributed by atoms with Crippen LogP contribution in [-0.4, -0.2) is 45.5 Å². The number of anilines is 3. The quantitative estimate of drug-likeness (QED) is 0.285. The van der Waals surface area contributed by atoms with Crippen LogP contribution in [0.4, 0.5) is 17.3 Å². The summed E-state index contributed by atoms with van der Waals surface area (Å²) in [6, 6.07) is 22.5. The highest BCUT2D eigenvalue weighted by Gasteiger charge is 2.22. The SMILES string of the molecule is Cc1cc(C)nc(NS(=O)(=O)c2ccc(NC(=O)CN(c3ccc(Oc4ccccc4)cc3)S(C)(=O)=O)cc2)n1. The molecule has 0 radical (unpaired) electrons. The lowest BCUT2D eigenvalue weighted by atomic mass is 10.3. The predicted octanol–water partition coefficient (Wildman–Crippen LogP) is 4.09. The fourth-order valence-corrected chi connectivity index (χ4v) is 5.50. The normalized spacial score (nSPS) is 11.5. The van der Waals surface area contributed by atoms with E-state index in [9.17, 15) is 21.6 Å². The summed E-state index contributed by atoms with van der Waals surface area (Å²) in [5.74, 6) is 0.465. The third kappa shape index (κ3) is 7.55. The Labute approximate surface area is 233 Å². The number of hydrogen-bond acceptors (Lipinski definition) is 8. The Hall–Kier alpha value is -4.49. The fourth-order valence-electron chi connectivity index (χ4n) is 3.70. The van der Waals surface area contributed by atoms with Gasteiger partial charge in [0.1, 0.15) is 18.0 Å². The van der Waals surface area contributed by atoms with Gasteiger partial charge in [-0.1, -0.05) is 18.2 Å². The van der Waals surface area contributed by atoms with E-state index in [1.807, 2.05) is 18.2 Å². The number of amides is 1. The smallest absolute Gasteiger partial charge is 0.264 e. The summed E-state index contributed by atoms with van der Waals surface area (Å²) < 4.78 is 59.4. The number of nitrogens with zero attached hydrogens (tertiary/aromatic N) is 3. The number of carbonyl (C=O) groups excluding carboxylic acids is 1. The Morgan fingerprint density at radius 2 is 1.40 bits per heavy atom. The Kier molecular flexibility index (Phi) is 8.35. The first-order valence-corrected chi connectivity index (χ1v) is 15.3. The van der Waals surface area contributed by atoms with E-state index in [4.69, 9.17) is 4.74 Å². The van der Waals surface area contributed by atoms with Gasteiger partial charge in [-0.2, -0.15) is 0 Å². The van der Waals surface area contributed by atoms with Crippen LogP contribution in [0.3, 0.4) is 0 Å². The standard InChI is InChI=1S/C27H27N5O6S2/c1-19-17-20(2)29-27(28-19)31-40(36,37)25-15-9-21(10-16-25)30-26(33)18-32(39(3,34)35)22-11-13-24(14-12-22)38-23-7-5-4-6-8-23/h4-17H,18H2,1-3H3,(H,30,33)(H,28,29,31). The highest BCUT2D eigenvalue weighted by molar-refractivity contribution is 7.92. The minimum Gasteiger partial charge on any atom is -0.457 e. The van der Waals surface area contributed by atoms with Crippen molar-refractivity contribution in [2.24, 2.45) is 0 Å². The topological polar surface area (TPSA) is 148 Å². The van der Waals surface area contributed by atoms with Crippen LogP contribution in [-0.2, 0) is 24.8 Å². The molecule has 0 fully saturated rings. The van der Waals surface area contributed by atoms with Crippen LogP contribution in [0.2, 0.25) is 0 Å². The van der Waals surface area contributed by atoms with Crippen molar-refractivity contribution in [3.8, 4) is 11.5 Å². The van der Waals surface area contributed by atoms with Crippen LogP contribution >= 0.6 is 0 Å². The molecule has 0 bridgehead atoms. The van der Waals surface area contributed by atoms with E-state index in [1.54, 1.807) is 56.3 Å². The second kappa shape index (κ2) is 11.7. The molecule has 1 heterocycles. The number of ether oxygens (including phenoxy) is 1. The van der Waals surface area contributed by atoms with Crippen molar-refractivity contribution in [3.05, 3.63) is 96.3 Å². The molecule has 0 aliphatic rings. The molecule has 13 heteroatoms. The predicted molar refractivity (Wildman–Crippen MR) is 153 cm³/mol. The van der Waals surface area contributed by atoms with Crippen molar-refractivity contribution in [1.29, 1.82) is 0 Å². The van der Waals surface area contributed by atoms with Crippen LogP contribution in [0.1, 0.15) is 11.4 Å². The van der Waals surface area contributed by atoms with E-state index in [1.165, 1.54) is 24.3 Å². The van der Waals surface area contributed by atoms with E-state index < -0.39 is 32.5 Å². The van der Waals surface area contributed by atoms with Crippen molar-refractivity contribution >= 4 is 43.3 Å². The lowest BCUT2D eigenvalue weighted by molar-refractivity contribution is -0.114. The maximum Gasteiger partial charge on any atom is 0.264 e. The van der Waals surface area contributed by atoms with Crippen molar-refractivity contribution in [3.63, 3.8) is 0 Å². The number of carbonyl (C=O) groups is 1. The zero-order valence-electron chi connectivity index (χ0n) is 21.9. The summed E-state index contributed by atoms with van der Waals surface area (Å²) >= 11 is 0. The molecule has 0 atom stereocenters. The van der Waals surface area contributed by atoms with Crippen molar-refractivity contribution < 1.29 is 26.4 Å². The minimum atomic E-state index is -3.98. The number of sulfonamides is 2. The van der Waals surface area contributed by atoms with E-state index >= 15 is 0 Å². The summed E-state index contributed by atoms with van der Waals surface area (Å²) in [7, 11) is -7.78. The molecule has 40 heavy (non-hydrogen) atoms. The van der Waals surface area contributed by atoms with Crippen LogP contribution in [0.25, 0.3) is 0 Å². The van der Waals surface area contributed by atoms with Gasteiger partial charge in [-0.25, -0.2) is 31.5 Å². The molecule has 208 valence electrons. The molecule has 0 spiro atoms. The van der Waals surface area contributed by atoms with Gasteiger partial charge in [-0.3, -0.25) is 9.10 Å². The van der Waals surface area contributed by atoms with Crippen LogP contribution < -0.4 is 19.1 Å². The molecule has 4 aromatic rings. The van der Waals surface area contributed by atoms with Gasteiger partial charge in [0.05, 0.1) is 16.8 Å². The first-order chi connectivity index (χ1) is 18.9. The van der Waals surface area contributed by atoms with Gasteiger partial charge in [0, 0.05) is 17.1 Å². The summed E-state index contributed by atoms with van der Waals surface area (Å²) in [4.78, 5) is 20.8. The summed E-state index contributed by atoms with van der Waals surface area (Å²) in [6.07, 6.45) is 1.00. The molecule has 0 saturated carbocycles. The molecule has 11 nitrogen and oxygen atoms in total. The van der Waals surface area contributed by atoms with Crippen molar-refractivity contribution in [2.45, 2.75) is 18.7 Å². The lowest BCUT2D eigenvalue weighted by Crippen LogP contribution is -2.37. The Balaban J connectivity index is 1.42. The maximum absolute atomic E-state index is 12.7. The van der Waals surface area contributed by atoms with Gasteiger partial charge in [0.25, 0.3) is 10.0 Å². The van der Waals surface area contributed by atoms with Gasteiger partial charge in [0.2, 0.25) is 21.9 Å². The lowest BCUT2D eigenvalue weighted by Gasteiger charge is -2.22. The largest absolute Gasteiger partial charge is 0.457 e. The third-order valence-electron chi connectivity index (χ3n) is 5.45. The number of hydrogen-bond donors (Lipinski definition) is 2. The molecule has 0 saturated heterocycles. The van der Waals surface area contributed by atoms with Gasteiger partial charge in [-0.15, -0.1) is 0 Å². The first-order valence-electron chi connectivity index (χ1n) is 11.9. The summed E-state index contributed by atoms with van der Waals surface area (Å²) in [5.41, 5.74) is 1.79. The second-order valence-corrected chi connectivity index (χ2v) is 12.4. The van der Waals surface area contributed by atoms with Gasteiger partial charge in [-0.05, 0) is 80.6 Å². The molecular formula is C27H27N5O6S2. The number of rotatable bonds is 10. The highest BCUT2D eigenvalue weighted by atomic mass is 32.2. The van der Waals surface area contributed by atoms with E-state index in [0.717, 1.165) is 10.6 Å². The summed E-state index contributed by atoms with van der Waals surface area (Å²) in [5, 5.41) is 2.59. The van der Waals surface area contributed by atoms with Crippen molar-refractivity contribution in [1.82, 2.24) is 9.97 Å². The second-order valence-electron chi connectivity index (χ2n) is 8.83. The molecule has 0 aliphatic carbocycles. The average molecular weight is 582 g/mol. The maximum atomic E-state index is 12.7. The van der Waals surface area contributed by atoms with Gasteiger partial charge >= 0.3 is 0 Å². The van der Waals surface area contributed by atoms with Crippen LogP contribution in [0.15, 0.2) is 89.8 Å². The highest BCUT2D eigenvalue weighted by Crippen LogP contribution is 2.26. The zero-order valence-corrected chi connectivity index (χ0v) is 23.5. The Bertz CT molecular complexity index is 1690. The van der Waals surface area contributed by atoms with Gasteiger partial charge < -0.3 is 10.1 Å².